The molecule has 1 aromatic heterocycles. The molecule has 1 fully saturated rings. The van der Waals surface area contributed by atoms with Crippen LogP contribution in [-0.4, -0.2) is 43.1 Å². The van der Waals surface area contributed by atoms with Gasteiger partial charge in [-0.05, 0) is 49.3 Å². The summed E-state index contributed by atoms with van der Waals surface area (Å²) in [5, 5.41) is 18.0. The van der Waals surface area contributed by atoms with Crippen molar-refractivity contribution in [3.8, 4) is 17.4 Å². The van der Waals surface area contributed by atoms with E-state index in [0.29, 0.717) is 17.9 Å². The van der Waals surface area contributed by atoms with Crippen molar-refractivity contribution >= 4 is 6.21 Å². The summed E-state index contributed by atoms with van der Waals surface area (Å²) in [6.45, 7) is 1.88. The van der Waals surface area contributed by atoms with Crippen molar-refractivity contribution < 1.29 is 19.6 Å². The van der Waals surface area contributed by atoms with Crippen LogP contribution in [0.3, 0.4) is 0 Å². The number of benzene rings is 1. The standard InChI is InChI=1S/C20H26N4O5/c1-28-16-7-6-14(12-17(16)29-2)8-11-24-19(26)15(18(25)22-20(24)27)13-21-23-9-4-3-5-10-23/h6-7,12-13,26H,3-5,8-11H2,1-2H3,(H,22,25,27). The van der Waals surface area contributed by atoms with Gasteiger partial charge in [0, 0.05) is 6.54 Å². The van der Waals surface area contributed by atoms with Gasteiger partial charge in [-0.1, -0.05) is 11.2 Å². The number of nitrogens with zero attached hydrogens (tertiary/aromatic N) is 2. The number of piperidine rings is 1. The maximum atomic E-state index is 12.7. The molecule has 156 valence electrons. The highest BCUT2D eigenvalue weighted by Gasteiger charge is 2.13. The van der Waals surface area contributed by atoms with E-state index < -0.39 is 17.1 Å². The summed E-state index contributed by atoms with van der Waals surface area (Å²) in [5.74, 6) is 0.540. The fourth-order valence-corrected chi connectivity index (χ4v) is 3.41. The lowest BCUT2D eigenvalue weighted by Gasteiger charge is -2.19. The second kappa shape index (κ2) is 9.42. The van der Waals surface area contributed by atoms with Crippen LogP contribution >= 0.6 is 0 Å². The lowest BCUT2D eigenvalue weighted by atomic mass is 10.1. The Hall–Kier alpha value is -3.07. The third-order valence-corrected chi connectivity index (χ3v) is 5.06. The number of methoxy groups -OCH3 is 2. The molecule has 0 amide bonds. The highest BCUT2D eigenvalue weighted by atomic mass is 16.5. The first-order chi connectivity index (χ1) is 14.0. The van der Waals surface area contributed by atoms with Gasteiger partial charge >= 0.3 is 5.69 Å². The van der Waals surface area contributed by atoms with Gasteiger partial charge in [0.2, 0.25) is 0 Å². The predicted octanol–water partition coefficient (Wildman–Crippen LogP) is -0.727. The monoisotopic (exact) mass is 402 g/mol. The molecule has 0 atom stereocenters. The van der Waals surface area contributed by atoms with Gasteiger partial charge in [0.05, 0.1) is 26.0 Å². The van der Waals surface area contributed by atoms with E-state index in [2.05, 4.69) is 10.1 Å². The van der Waals surface area contributed by atoms with Crippen LogP contribution in [0.1, 0.15) is 30.4 Å². The number of H-pyrrole nitrogens is 1. The zero-order valence-electron chi connectivity index (χ0n) is 16.7. The van der Waals surface area contributed by atoms with Gasteiger partial charge in [0.25, 0.3) is 5.56 Å². The fourth-order valence-electron chi connectivity index (χ4n) is 3.41. The van der Waals surface area contributed by atoms with Crippen LogP contribution in [0.5, 0.6) is 17.4 Å². The van der Waals surface area contributed by atoms with E-state index in [1.54, 1.807) is 26.4 Å². The quantitative estimate of drug-likeness (QED) is 0.593. The number of aromatic nitrogens is 2. The van der Waals surface area contributed by atoms with Crippen LogP contribution in [0, 0.1) is 0 Å². The van der Waals surface area contributed by atoms with Gasteiger partial charge in [-0.25, -0.2) is 9.80 Å². The van der Waals surface area contributed by atoms with Gasteiger partial charge in [0.1, 0.15) is 13.1 Å². The highest BCUT2D eigenvalue weighted by molar-refractivity contribution is 5.81. The van der Waals surface area contributed by atoms with E-state index in [-0.39, 0.29) is 12.1 Å². The van der Waals surface area contributed by atoms with Gasteiger partial charge in [-0.2, -0.15) is 0 Å². The second-order valence-corrected chi connectivity index (χ2v) is 6.95. The Balaban J connectivity index is 1.81. The second-order valence-electron chi connectivity index (χ2n) is 6.95. The Kier molecular flexibility index (Phi) is 6.71. The first-order valence-corrected chi connectivity index (χ1v) is 9.67. The zero-order valence-corrected chi connectivity index (χ0v) is 16.7. The molecule has 9 nitrogen and oxygen atoms in total. The summed E-state index contributed by atoms with van der Waals surface area (Å²) in [5.41, 5.74) is -0.673. The molecular weight excluding hydrogens is 376 g/mol. The molecule has 2 aromatic rings. The summed E-state index contributed by atoms with van der Waals surface area (Å²) in [7, 11) is 3.09. The molecule has 0 unspecified atom stereocenters. The number of aromatic amines is 1. The van der Waals surface area contributed by atoms with E-state index in [4.69, 9.17) is 9.47 Å². The van der Waals surface area contributed by atoms with Crippen molar-refractivity contribution in [2.24, 2.45) is 5.10 Å². The molecule has 2 heterocycles. The first kappa shape index (κ1) is 20.7. The normalized spacial score (nSPS) is 15.0. The van der Waals surface area contributed by atoms with Crippen LogP contribution in [-0.2, 0) is 13.0 Å². The molecule has 0 saturated carbocycles. The number of quaternary nitrogens is 1. The van der Waals surface area contributed by atoms with Gasteiger partial charge < -0.3 is 19.1 Å². The van der Waals surface area contributed by atoms with E-state index >= 15 is 0 Å². The summed E-state index contributed by atoms with van der Waals surface area (Å²) < 4.78 is 11.5. The predicted molar refractivity (Wildman–Crippen MR) is 106 cm³/mol. The number of hydrogen-bond donors (Lipinski definition) is 2. The molecule has 1 aliphatic rings. The van der Waals surface area contributed by atoms with Crippen molar-refractivity contribution in [1.29, 1.82) is 0 Å². The minimum Gasteiger partial charge on any atom is -0.859 e. The maximum Gasteiger partial charge on any atom is 0.327 e. The number of rotatable bonds is 7. The average molecular weight is 402 g/mol. The van der Waals surface area contributed by atoms with Crippen LogP contribution in [0.15, 0.2) is 32.9 Å². The Morgan fingerprint density at radius 2 is 1.90 bits per heavy atom. The van der Waals surface area contributed by atoms with Crippen molar-refractivity contribution in [1.82, 2.24) is 9.55 Å². The van der Waals surface area contributed by atoms with Gasteiger partial charge in [-0.3, -0.25) is 9.78 Å². The minimum atomic E-state index is -0.719. The molecule has 3 rings (SSSR count). The van der Waals surface area contributed by atoms with Gasteiger partial charge in [0.15, 0.2) is 11.5 Å². The molecule has 0 aliphatic carbocycles. The van der Waals surface area contributed by atoms with E-state index in [9.17, 15) is 14.7 Å². The number of aryl methyl sites for hydroxylation is 1. The topological polar surface area (TPSA) is 113 Å². The molecular formula is C20H26N4O5. The van der Waals surface area contributed by atoms with Crippen LogP contribution < -0.4 is 30.8 Å². The summed E-state index contributed by atoms with van der Waals surface area (Å²) in [6, 6.07) is 5.40. The molecule has 0 radical (unpaired) electrons. The smallest absolute Gasteiger partial charge is 0.327 e. The van der Waals surface area contributed by atoms with E-state index in [1.807, 2.05) is 6.07 Å². The Bertz CT molecular complexity index is 989. The Morgan fingerprint density at radius 3 is 2.59 bits per heavy atom. The van der Waals surface area contributed by atoms with Crippen LogP contribution in [0.4, 0.5) is 0 Å². The summed E-state index contributed by atoms with van der Waals surface area (Å²) in [4.78, 5) is 26.5. The average Bonchev–Trinajstić information content (AvgIpc) is 2.73. The van der Waals surface area contributed by atoms with Crippen LogP contribution in [0.2, 0.25) is 0 Å². The Labute approximate surface area is 168 Å². The lowest BCUT2D eigenvalue weighted by molar-refractivity contribution is -0.911. The number of hydrogen-bond acceptors (Lipinski definition) is 6. The van der Waals surface area contributed by atoms with Crippen molar-refractivity contribution in [2.45, 2.75) is 32.2 Å². The van der Waals surface area contributed by atoms with Gasteiger partial charge in [-0.15, -0.1) is 0 Å². The molecule has 1 saturated heterocycles. The molecule has 29 heavy (non-hydrogen) atoms. The largest absolute Gasteiger partial charge is 0.859 e. The summed E-state index contributed by atoms with van der Waals surface area (Å²) in [6.07, 6.45) is 5.02. The third kappa shape index (κ3) is 4.86. The zero-order chi connectivity index (χ0) is 20.8. The lowest BCUT2D eigenvalue weighted by Crippen LogP contribution is -3.08. The maximum absolute atomic E-state index is 12.7. The van der Waals surface area contributed by atoms with E-state index in [1.165, 1.54) is 12.6 Å². The number of nitrogens with one attached hydrogen (secondary N) is 2. The molecule has 1 aromatic carbocycles. The molecule has 2 N–H and O–H groups in total. The third-order valence-electron chi connectivity index (χ3n) is 5.06. The Morgan fingerprint density at radius 1 is 1.17 bits per heavy atom. The minimum absolute atomic E-state index is 0.116. The highest BCUT2D eigenvalue weighted by Crippen LogP contribution is 2.27. The fraction of sp³-hybridized carbons (Fsp3) is 0.450. The first-order valence-electron chi connectivity index (χ1n) is 9.67. The van der Waals surface area contributed by atoms with Crippen molar-refractivity contribution in [3.05, 3.63) is 50.2 Å². The van der Waals surface area contributed by atoms with Crippen molar-refractivity contribution in [3.63, 3.8) is 0 Å². The molecule has 9 heteroatoms. The molecule has 0 spiro atoms. The number of ether oxygens (including phenoxy) is 2. The SMILES string of the molecule is COc1ccc(CCn2c([O-])c(C=N[NH+]3CCCCC3)c(=O)[nH]c2=O)cc1OC. The van der Waals surface area contributed by atoms with Crippen molar-refractivity contribution in [2.75, 3.05) is 27.3 Å². The van der Waals surface area contributed by atoms with E-state index in [0.717, 1.165) is 41.1 Å². The van der Waals surface area contributed by atoms with Crippen LogP contribution in [0.25, 0.3) is 0 Å². The molecule has 1 aliphatic heterocycles. The summed E-state index contributed by atoms with van der Waals surface area (Å²) >= 11 is 0. The molecule has 0 bridgehead atoms.